The maximum absolute atomic E-state index is 5.46. The molecule has 1 heteroatoms. The molecule has 0 amide bonds. The largest absolute Gasteiger partial charge is 0.464 e. The number of hydrogen-bond acceptors (Lipinski definition) is 1. The van der Waals surface area contributed by atoms with Gasteiger partial charge in [0.25, 0.3) is 0 Å². The molecule has 0 spiro atoms. The van der Waals surface area contributed by atoms with Crippen molar-refractivity contribution in [3.05, 3.63) is 48.2 Å². The van der Waals surface area contributed by atoms with E-state index in [9.17, 15) is 0 Å². The SMILES string of the molecule is C=Cc1ccccc1OC=C(C)C. The average Bonchev–Trinajstić information content (AvgIpc) is 2.15. The van der Waals surface area contributed by atoms with Gasteiger partial charge < -0.3 is 4.74 Å². The highest BCUT2D eigenvalue weighted by Gasteiger charge is 1.95. The molecule has 13 heavy (non-hydrogen) atoms. The van der Waals surface area contributed by atoms with Crippen molar-refractivity contribution in [2.75, 3.05) is 0 Å². The molecule has 0 aliphatic rings. The van der Waals surface area contributed by atoms with E-state index >= 15 is 0 Å². The van der Waals surface area contributed by atoms with E-state index in [1.807, 2.05) is 38.1 Å². The first kappa shape index (κ1) is 9.59. The second kappa shape index (κ2) is 4.51. The molecule has 68 valence electrons. The molecule has 1 aromatic carbocycles. The Kier molecular flexibility index (Phi) is 3.32. The first-order valence-corrected chi connectivity index (χ1v) is 4.25. The standard InChI is InChI=1S/C12H14O/c1-4-11-7-5-6-8-12(11)13-9-10(2)3/h4-9H,1H2,2-3H3. The minimum Gasteiger partial charge on any atom is -0.464 e. The van der Waals surface area contributed by atoms with Crippen LogP contribution in [0.5, 0.6) is 5.75 Å². The molecule has 0 bridgehead atoms. The first-order chi connectivity index (χ1) is 6.24. The highest BCUT2D eigenvalue weighted by Crippen LogP contribution is 2.19. The highest BCUT2D eigenvalue weighted by atomic mass is 16.5. The van der Waals surface area contributed by atoms with Crippen molar-refractivity contribution < 1.29 is 4.74 Å². The van der Waals surface area contributed by atoms with Crippen LogP contribution in [-0.4, -0.2) is 0 Å². The zero-order valence-corrected chi connectivity index (χ0v) is 8.08. The highest BCUT2D eigenvalue weighted by molar-refractivity contribution is 5.55. The van der Waals surface area contributed by atoms with Gasteiger partial charge in [0, 0.05) is 5.56 Å². The van der Waals surface area contributed by atoms with Crippen molar-refractivity contribution in [3.63, 3.8) is 0 Å². The minimum atomic E-state index is 0.846. The Labute approximate surface area is 79.4 Å². The number of rotatable bonds is 3. The topological polar surface area (TPSA) is 9.23 Å². The average molecular weight is 174 g/mol. The number of benzene rings is 1. The fraction of sp³-hybridized carbons (Fsp3) is 0.167. The number of allylic oxidation sites excluding steroid dienone is 1. The smallest absolute Gasteiger partial charge is 0.133 e. The number of ether oxygens (including phenoxy) is 1. The fourth-order valence-electron chi connectivity index (χ4n) is 0.938. The molecule has 0 atom stereocenters. The second-order valence-corrected chi connectivity index (χ2v) is 3.06. The second-order valence-electron chi connectivity index (χ2n) is 3.06. The molecule has 0 radical (unpaired) electrons. The molecule has 0 unspecified atom stereocenters. The van der Waals surface area contributed by atoms with Gasteiger partial charge in [0.1, 0.15) is 5.75 Å². The van der Waals surface area contributed by atoms with Crippen molar-refractivity contribution in [1.29, 1.82) is 0 Å². The van der Waals surface area contributed by atoms with Crippen LogP contribution in [0.1, 0.15) is 19.4 Å². The van der Waals surface area contributed by atoms with Crippen molar-refractivity contribution in [1.82, 2.24) is 0 Å². The summed E-state index contributed by atoms with van der Waals surface area (Å²) in [5.41, 5.74) is 2.15. The Balaban J connectivity index is 2.87. The summed E-state index contributed by atoms with van der Waals surface area (Å²) in [4.78, 5) is 0. The van der Waals surface area contributed by atoms with E-state index in [-0.39, 0.29) is 0 Å². The van der Waals surface area contributed by atoms with Gasteiger partial charge in [-0.25, -0.2) is 0 Å². The summed E-state index contributed by atoms with van der Waals surface area (Å²) in [6.45, 7) is 7.71. The van der Waals surface area contributed by atoms with Gasteiger partial charge in [-0.05, 0) is 25.5 Å². The van der Waals surface area contributed by atoms with Gasteiger partial charge in [-0.3, -0.25) is 0 Å². The zero-order valence-electron chi connectivity index (χ0n) is 8.08. The molecular formula is C12H14O. The fourth-order valence-corrected chi connectivity index (χ4v) is 0.938. The van der Waals surface area contributed by atoms with Gasteiger partial charge in [-0.2, -0.15) is 0 Å². The van der Waals surface area contributed by atoms with Crippen LogP contribution in [0.4, 0.5) is 0 Å². The van der Waals surface area contributed by atoms with Gasteiger partial charge in [0.05, 0.1) is 6.26 Å². The van der Waals surface area contributed by atoms with Crippen LogP contribution < -0.4 is 4.74 Å². The van der Waals surface area contributed by atoms with Crippen LogP contribution in [0.25, 0.3) is 6.08 Å². The third kappa shape index (κ3) is 2.79. The lowest BCUT2D eigenvalue weighted by Crippen LogP contribution is -1.86. The summed E-state index contributed by atoms with van der Waals surface area (Å²) in [5, 5.41) is 0. The number of para-hydroxylation sites is 1. The van der Waals surface area contributed by atoms with E-state index in [1.54, 1.807) is 12.3 Å². The van der Waals surface area contributed by atoms with Crippen LogP contribution in [0, 0.1) is 0 Å². The molecule has 1 nitrogen and oxygen atoms in total. The lowest BCUT2D eigenvalue weighted by atomic mass is 10.2. The Bertz CT molecular complexity index is 320. The third-order valence-electron chi connectivity index (χ3n) is 1.56. The van der Waals surface area contributed by atoms with E-state index in [4.69, 9.17) is 4.74 Å². The molecule has 0 aliphatic carbocycles. The van der Waals surface area contributed by atoms with Crippen molar-refractivity contribution >= 4 is 6.08 Å². The van der Waals surface area contributed by atoms with Crippen molar-refractivity contribution in [2.24, 2.45) is 0 Å². The lowest BCUT2D eigenvalue weighted by molar-refractivity contribution is 0.474. The molecule has 1 aromatic rings. The Hall–Kier alpha value is -1.50. The number of hydrogen-bond donors (Lipinski definition) is 0. The van der Waals surface area contributed by atoms with Crippen LogP contribution in [0.15, 0.2) is 42.7 Å². The molecule has 0 fully saturated rings. The Morgan fingerprint density at radius 2 is 2.00 bits per heavy atom. The zero-order chi connectivity index (χ0) is 9.68. The van der Waals surface area contributed by atoms with Crippen LogP contribution in [0.2, 0.25) is 0 Å². The predicted octanol–water partition coefficient (Wildman–Crippen LogP) is 3.63. The molecule has 1 rings (SSSR count). The van der Waals surface area contributed by atoms with Gasteiger partial charge in [-0.15, -0.1) is 0 Å². The Morgan fingerprint density at radius 3 is 2.62 bits per heavy atom. The summed E-state index contributed by atoms with van der Waals surface area (Å²) in [6.07, 6.45) is 3.52. The van der Waals surface area contributed by atoms with Crippen molar-refractivity contribution in [2.45, 2.75) is 13.8 Å². The first-order valence-electron chi connectivity index (χ1n) is 4.25. The third-order valence-corrected chi connectivity index (χ3v) is 1.56. The minimum absolute atomic E-state index is 0.846. The van der Waals surface area contributed by atoms with E-state index in [0.717, 1.165) is 16.9 Å². The van der Waals surface area contributed by atoms with Crippen LogP contribution in [0.3, 0.4) is 0 Å². The van der Waals surface area contributed by atoms with E-state index in [1.165, 1.54) is 0 Å². The molecular weight excluding hydrogens is 160 g/mol. The molecule has 0 aromatic heterocycles. The Morgan fingerprint density at radius 1 is 1.31 bits per heavy atom. The van der Waals surface area contributed by atoms with Crippen molar-refractivity contribution in [3.8, 4) is 5.75 Å². The molecule has 0 heterocycles. The molecule has 0 aliphatic heterocycles. The lowest BCUT2D eigenvalue weighted by Gasteiger charge is -2.04. The maximum Gasteiger partial charge on any atom is 0.133 e. The van der Waals surface area contributed by atoms with Gasteiger partial charge in [-0.1, -0.05) is 30.9 Å². The van der Waals surface area contributed by atoms with E-state index in [2.05, 4.69) is 6.58 Å². The monoisotopic (exact) mass is 174 g/mol. The molecule has 0 saturated carbocycles. The summed E-state index contributed by atoms with van der Waals surface area (Å²) in [6, 6.07) is 7.81. The quantitative estimate of drug-likeness (QED) is 0.636. The maximum atomic E-state index is 5.46. The van der Waals surface area contributed by atoms with Gasteiger partial charge in [0.15, 0.2) is 0 Å². The van der Waals surface area contributed by atoms with Gasteiger partial charge in [0.2, 0.25) is 0 Å². The van der Waals surface area contributed by atoms with E-state index in [0.29, 0.717) is 0 Å². The van der Waals surface area contributed by atoms with Crippen LogP contribution >= 0.6 is 0 Å². The molecule has 0 saturated heterocycles. The van der Waals surface area contributed by atoms with E-state index < -0.39 is 0 Å². The normalized spacial score (nSPS) is 9.08. The predicted molar refractivity (Wildman–Crippen MR) is 56.6 cm³/mol. The summed E-state index contributed by atoms with van der Waals surface area (Å²) < 4.78 is 5.46. The molecule has 0 N–H and O–H groups in total. The summed E-state index contributed by atoms with van der Waals surface area (Å²) in [5.74, 6) is 0.846. The van der Waals surface area contributed by atoms with Crippen LogP contribution in [-0.2, 0) is 0 Å². The summed E-state index contributed by atoms with van der Waals surface area (Å²) in [7, 11) is 0. The summed E-state index contributed by atoms with van der Waals surface area (Å²) >= 11 is 0. The van der Waals surface area contributed by atoms with Gasteiger partial charge >= 0.3 is 0 Å².